The van der Waals surface area contributed by atoms with Crippen molar-refractivity contribution < 1.29 is 4.74 Å². The van der Waals surface area contributed by atoms with Gasteiger partial charge in [-0.05, 0) is 31.2 Å². The van der Waals surface area contributed by atoms with Crippen LogP contribution in [-0.2, 0) is 7.05 Å². The third-order valence-corrected chi connectivity index (χ3v) is 2.95. The summed E-state index contributed by atoms with van der Waals surface area (Å²) in [4.78, 5) is 4.44. The zero-order chi connectivity index (χ0) is 13.7. The van der Waals surface area contributed by atoms with Crippen LogP contribution >= 0.6 is 0 Å². The van der Waals surface area contributed by atoms with Gasteiger partial charge in [-0.3, -0.25) is 0 Å². The molecule has 1 aromatic carbocycles. The molecule has 1 aromatic heterocycles. The Kier molecular flexibility index (Phi) is 4.58. The average Bonchev–Trinajstić information content (AvgIpc) is 2.84. The van der Waals surface area contributed by atoms with Gasteiger partial charge in [-0.15, -0.1) is 0 Å². The first-order valence-corrected chi connectivity index (χ1v) is 6.68. The molecule has 0 bridgehead atoms. The summed E-state index contributed by atoms with van der Waals surface area (Å²) in [7, 11) is 1.98. The number of imidazole rings is 1. The van der Waals surface area contributed by atoms with Crippen molar-refractivity contribution in [3.05, 3.63) is 48.0 Å². The maximum atomic E-state index is 5.47. The fourth-order valence-corrected chi connectivity index (χ4v) is 2.10. The molecule has 0 fully saturated rings. The molecule has 4 heteroatoms. The molecule has 1 N–H and O–H groups in total. The molecular formula is C15H21N3O. The van der Waals surface area contributed by atoms with Crippen LogP contribution in [0.2, 0.25) is 0 Å². The predicted octanol–water partition coefficient (Wildman–Crippen LogP) is 2.52. The van der Waals surface area contributed by atoms with E-state index in [2.05, 4.69) is 29.4 Å². The van der Waals surface area contributed by atoms with Crippen molar-refractivity contribution in [2.45, 2.75) is 19.9 Å². The number of aromatic nitrogens is 2. The van der Waals surface area contributed by atoms with Gasteiger partial charge in [0.05, 0.1) is 24.7 Å². The summed E-state index contributed by atoms with van der Waals surface area (Å²) in [5.41, 5.74) is 2.23. The Morgan fingerprint density at radius 2 is 2.00 bits per heavy atom. The third kappa shape index (κ3) is 3.35. The van der Waals surface area contributed by atoms with Gasteiger partial charge in [0.25, 0.3) is 0 Å². The fraction of sp³-hybridized carbons (Fsp3) is 0.400. The first-order valence-electron chi connectivity index (χ1n) is 6.68. The lowest BCUT2D eigenvalue weighted by Crippen LogP contribution is -2.22. The second-order valence-electron chi connectivity index (χ2n) is 4.46. The summed E-state index contributed by atoms with van der Waals surface area (Å²) < 4.78 is 7.44. The van der Waals surface area contributed by atoms with E-state index >= 15 is 0 Å². The molecule has 4 nitrogen and oxygen atoms in total. The molecule has 102 valence electrons. The van der Waals surface area contributed by atoms with Crippen molar-refractivity contribution >= 4 is 0 Å². The number of ether oxygens (including phenoxy) is 1. The molecule has 1 heterocycles. The highest BCUT2D eigenvalue weighted by molar-refractivity contribution is 5.32. The highest BCUT2D eigenvalue weighted by atomic mass is 16.5. The lowest BCUT2D eigenvalue weighted by molar-refractivity contribution is 0.340. The summed E-state index contributed by atoms with van der Waals surface area (Å²) in [6.07, 6.45) is 3.87. The van der Waals surface area contributed by atoms with E-state index in [4.69, 9.17) is 4.74 Å². The van der Waals surface area contributed by atoms with E-state index in [9.17, 15) is 0 Å². The second kappa shape index (κ2) is 6.38. The SMILES string of the molecule is CCNC(c1ccc(OCC)cc1)c1cn(C)cn1. The zero-order valence-electron chi connectivity index (χ0n) is 11.8. The summed E-state index contributed by atoms with van der Waals surface area (Å²) in [6, 6.07) is 8.32. The van der Waals surface area contributed by atoms with Crippen molar-refractivity contribution in [2.24, 2.45) is 7.05 Å². The highest BCUT2D eigenvalue weighted by Crippen LogP contribution is 2.22. The minimum atomic E-state index is 0.127. The fourth-order valence-electron chi connectivity index (χ4n) is 2.10. The van der Waals surface area contributed by atoms with E-state index in [0.29, 0.717) is 6.61 Å². The van der Waals surface area contributed by atoms with Crippen LogP contribution in [0.3, 0.4) is 0 Å². The Morgan fingerprint density at radius 1 is 1.26 bits per heavy atom. The molecule has 0 saturated carbocycles. The van der Waals surface area contributed by atoms with Crippen molar-refractivity contribution in [3.8, 4) is 5.75 Å². The molecule has 0 amide bonds. The molecule has 19 heavy (non-hydrogen) atoms. The maximum Gasteiger partial charge on any atom is 0.119 e. The normalized spacial score (nSPS) is 12.4. The van der Waals surface area contributed by atoms with Gasteiger partial charge < -0.3 is 14.6 Å². The lowest BCUT2D eigenvalue weighted by atomic mass is 10.0. The van der Waals surface area contributed by atoms with Crippen LogP contribution in [0.1, 0.15) is 31.1 Å². The Morgan fingerprint density at radius 3 is 2.53 bits per heavy atom. The maximum absolute atomic E-state index is 5.47. The number of rotatable bonds is 6. The molecule has 0 saturated heterocycles. The van der Waals surface area contributed by atoms with E-state index in [0.717, 1.165) is 18.0 Å². The molecule has 0 radical (unpaired) electrons. The minimum Gasteiger partial charge on any atom is -0.494 e. The summed E-state index contributed by atoms with van der Waals surface area (Å²) in [5, 5.41) is 3.46. The number of aryl methyl sites for hydroxylation is 1. The number of nitrogens with one attached hydrogen (secondary N) is 1. The predicted molar refractivity (Wildman–Crippen MR) is 76.3 cm³/mol. The van der Waals surface area contributed by atoms with E-state index in [1.165, 1.54) is 5.56 Å². The standard InChI is InChI=1S/C15H21N3O/c1-4-16-15(14-10-18(3)11-17-14)12-6-8-13(9-7-12)19-5-2/h6-11,15-16H,4-5H2,1-3H3. The van der Waals surface area contributed by atoms with Crippen molar-refractivity contribution in [1.29, 1.82) is 0 Å². The lowest BCUT2D eigenvalue weighted by Gasteiger charge is -2.16. The molecule has 2 aromatic rings. The number of nitrogens with zero attached hydrogens (tertiary/aromatic N) is 2. The Bertz CT molecular complexity index is 504. The smallest absolute Gasteiger partial charge is 0.119 e. The van der Waals surface area contributed by atoms with Gasteiger partial charge >= 0.3 is 0 Å². The molecule has 2 rings (SSSR count). The Labute approximate surface area is 114 Å². The van der Waals surface area contributed by atoms with Crippen molar-refractivity contribution in [1.82, 2.24) is 14.9 Å². The van der Waals surface area contributed by atoms with E-state index in [-0.39, 0.29) is 6.04 Å². The van der Waals surface area contributed by atoms with Gasteiger partial charge in [-0.2, -0.15) is 0 Å². The van der Waals surface area contributed by atoms with Crippen LogP contribution in [-0.4, -0.2) is 22.7 Å². The monoisotopic (exact) mass is 259 g/mol. The number of hydrogen-bond donors (Lipinski definition) is 1. The molecule has 0 spiro atoms. The molecule has 0 aliphatic heterocycles. The van der Waals surface area contributed by atoms with Crippen LogP contribution in [0.5, 0.6) is 5.75 Å². The second-order valence-corrected chi connectivity index (χ2v) is 4.46. The zero-order valence-corrected chi connectivity index (χ0v) is 11.8. The van der Waals surface area contributed by atoms with Gasteiger partial charge in [0, 0.05) is 13.2 Å². The summed E-state index contributed by atoms with van der Waals surface area (Å²) in [6.45, 7) is 5.68. The Hall–Kier alpha value is -1.81. The first-order chi connectivity index (χ1) is 9.24. The first kappa shape index (κ1) is 13.6. The van der Waals surface area contributed by atoms with Gasteiger partial charge in [-0.1, -0.05) is 19.1 Å². The molecule has 1 atom stereocenters. The van der Waals surface area contributed by atoms with Crippen LogP contribution in [0.4, 0.5) is 0 Å². The topological polar surface area (TPSA) is 39.1 Å². The molecule has 0 aliphatic rings. The van der Waals surface area contributed by atoms with E-state index in [1.807, 2.05) is 43.2 Å². The minimum absolute atomic E-state index is 0.127. The van der Waals surface area contributed by atoms with Crippen molar-refractivity contribution in [3.63, 3.8) is 0 Å². The summed E-state index contributed by atoms with van der Waals surface area (Å²) in [5.74, 6) is 0.905. The van der Waals surface area contributed by atoms with Crippen LogP contribution in [0.15, 0.2) is 36.8 Å². The van der Waals surface area contributed by atoms with Crippen LogP contribution in [0, 0.1) is 0 Å². The van der Waals surface area contributed by atoms with Gasteiger partial charge in [0.2, 0.25) is 0 Å². The van der Waals surface area contributed by atoms with Crippen LogP contribution < -0.4 is 10.1 Å². The molecule has 0 aliphatic carbocycles. The quantitative estimate of drug-likeness (QED) is 0.866. The van der Waals surface area contributed by atoms with Gasteiger partial charge in [0.15, 0.2) is 0 Å². The van der Waals surface area contributed by atoms with Gasteiger partial charge in [-0.25, -0.2) is 4.98 Å². The molecule has 1 unspecified atom stereocenters. The third-order valence-electron chi connectivity index (χ3n) is 2.95. The number of hydrogen-bond acceptors (Lipinski definition) is 3. The Balaban J connectivity index is 2.23. The average molecular weight is 259 g/mol. The van der Waals surface area contributed by atoms with Crippen LogP contribution in [0.25, 0.3) is 0 Å². The van der Waals surface area contributed by atoms with Gasteiger partial charge in [0.1, 0.15) is 5.75 Å². The van der Waals surface area contributed by atoms with Crippen molar-refractivity contribution in [2.75, 3.05) is 13.2 Å². The molecular weight excluding hydrogens is 238 g/mol. The summed E-state index contributed by atoms with van der Waals surface area (Å²) >= 11 is 0. The van der Waals surface area contributed by atoms with E-state index in [1.54, 1.807) is 0 Å². The largest absolute Gasteiger partial charge is 0.494 e. The highest BCUT2D eigenvalue weighted by Gasteiger charge is 2.15. The van der Waals surface area contributed by atoms with E-state index < -0.39 is 0 Å². The number of benzene rings is 1.